The Morgan fingerprint density at radius 1 is 1.78 bits per heavy atom. The van der Waals surface area contributed by atoms with E-state index >= 15 is 0 Å². The van der Waals surface area contributed by atoms with E-state index in [1.165, 1.54) is 12.7 Å². The van der Waals surface area contributed by atoms with Gasteiger partial charge in [-0.3, -0.25) is 0 Å². The first-order valence-corrected chi connectivity index (χ1v) is 3.42. The summed E-state index contributed by atoms with van der Waals surface area (Å²) < 4.78 is 0. The molecule has 9 heavy (non-hydrogen) atoms. The second-order valence-electron chi connectivity index (χ2n) is 3.12. The van der Waals surface area contributed by atoms with Gasteiger partial charge in [0.25, 0.3) is 0 Å². The molecular formula is C7H13BN. The molecule has 1 aliphatic rings. The zero-order valence-corrected chi connectivity index (χ0v) is 5.98. The van der Waals surface area contributed by atoms with Crippen LogP contribution in [0.5, 0.6) is 0 Å². The van der Waals surface area contributed by atoms with Gasteiger partial charge < -0.3 is 5.73 Å². The molecule has 1 heterocycles. The first-order valence-electron chi connectivity index (χ1n) is 3.42. The fourth-order valence-electron chi connectivity index (χ4n) is 1.23. The van der Waals surface area contributed by atoms with Crippen molar-refractivity contribution < 1.29 is 0 Å². The monoisotopic (exact) mass is 122 g/mol. The van der Waals surface area contributed by atoms with E-state index in [9.17, 15) is 0 Å². The van der Waals surface area contributed by atoms with Gasteiger partial charge in [-0.2, -0.15) is 0 Å². The number of hydrogen-bond donors (Lipinski definition) is 1. The van der Waals surface area contributed by atoms with E-state index in [1.807, 2.05) is 0 Å². The average Bonchev–Trinajstić information content (AvgIpc) is 2.16. The molecule has 0 spiro atoms. The Hall–Kier alpha value is -0.395. The van der Waals surface area contributed by atoms with Crippen molar-refractivity contribution in [3.05, 3.63) is 12.3 Å². The van der Waals surface area contributed by atoms with Gasteiger partial charge in [0.05, 0.1) is 0 Å². The van der Waals surface area contributed by atoms with Crippen LogP contribution in [0.3, 0.4) is 0 Å². The molecule has 0 aromatic heterocycles. The molecule has 0 saturated carbocycles. The van der Waals surface area contributed by atoms with Gasteiger partial charge in [0.15, 0.2) is 0 Å². The Bertz CT molecular complexity index is 125. The summed E-state index contributed by atoms with van der Waals surface area (Å²) in [5, 5.41) is 0. The molecule has 1 aliphatic heterocycles. The minimum absolute atomic E-state index is 0.222. The van der Waals surface area contributed by atoms with Crippen LogP contribution in [0.4, 0.5) is 0 Å². The van der Waals surface area contributed by atoms with Gasteiger partial charge in [0.1, 0.15) is 7.28 Å². The van der Waals surface area contributed by atoms with E-state index in [-0.39, 0.29) is 5.41 Å². The summed E-state index contributed by atoms with van der Waals surface area (Å²) in [5.41, 5.74) is 6.68. The van der Waals surface area contributed by atoms with Crippen LogP contribution in [-0.4, -0.2) is 7.28 Å². The molecule has 1 nitrogen and oxygen atoms in total. The van der Waals surface area contributed by atoms with Crippen LogP contribution < -0.4 is 5.73 Å². The van der Waals surface area contributed by atoms with Crippen LogP contribution in [0.2, 0.25) is 12.6 Å². The van der Waals surface area contributed by atoms with E-state index in [4.69, 9.17) is 5.73 Å². The Balaban J connectivity index is 2.61. The number of nitrogens with two attached hydrogens (primary N) is 1. The van der Waals surface area contributed by atoms with E-state index in [0.29, 0.717) is 0 Å². The summed E-state index contributed by atoms with van der Waals surface area (Å²) >= 11 is 0. The van der Waals surface area contributed by atoms with E-state index in [1.54, 1.807) is 0 Å². The Morgan fingerprint density at radius 2 is 2.44 bits per heavy atom. The number of allylic oxidation sites excluding steroid dienone is 1. The molecule has 2 heteroatoms. The Labute approximate surface area is 57.6 Å². The van der Waals surface area contributed by atoms with Crippen LogP contribution in [0, 0.1) is 5.41 Å². The lowest BCUT2D eigenvalue weighted by Crippen LogP contribution is -2.19. The fraction of sp³-hybridized carbons (Fsp3) is 0.714. The summed E-state index contributed by atoms with van der Waals surface area (Å²) in [5.74, 6) is 0. The van der Waals surface area contributed by atoms with Crippen LogP contribution >= 0.6 is 0 Å². The van der Waals surface area contributed by atoms with Crippen molar-refractivity contribution in [2.24, 2.45) is 11.1 Å². The van der Waals surface area contributed by atoms with Gasteiger partial charge in [-0.25, -0.2) is 0 Å². The largest absolute Gasteiger partial charge is 0.402 e. The van der Waals surface area contributed by atoms with Crippen LogP contribution in [0.15, 0.2) is 12.3 Å². The van der Waals surface area contributed by atoms with Gasteiger partial charge in [-0.05, 0) is 5.41 Å². The van der Waals surface area contributed by atoms with Gasteiger partial charge in [-0.15, -0.1) is 0 Å². The third kappa shape index (κ3) is 1.12. The summed E-state index contributed by atoms with van der Waals surface area (Å²) in [6.45, 7) is 5.95. The van der Waals surface area contributed by atoms with E-state index in [2.05, 4.69) is 20.8 Å². The Kier molecular flexibility index (Phi) is 1.56. The molecule has 0 aromatic carbocycles. The molecule has 0 bridgehead atoms. The topological polar surface area (TPSA) is 26.0 Å². The molecule has 1 saturated heterocycles. The lowest BCUT2D eigenvalue weighted by Gasteiger charge is -2.23. The Morgan fingerprint density at radius 3 is 2.67 bits per heavy atom. The highest BCUT2D eigenvalue weighted by molar-refractivity contribution is 6.37. The summed E-state index contributed by atoms with van der Waals surface area (Å²) in [6.07, 6.45) is 3.50. The smallest absolute Gasteiger partial charge is 0.110 e. The summed E-state index contributed by atoms with van der Waals surface area (Å²) in [7, 11) is 2.29. The molecule has 49 valence electrons. The molecule has 1 fully saturated rings. The van der Waals surface area contributed by atoms with Crippen molar-refractivity contribution in [3.63, 3.8) is 0 Å². The van der Waals surface area contributed by atoms with Crippen molar-refractivity contribution in [2.75, 3.05) is 0 Å². The maximum Gasteiger partial charge on any atom is 0.110 e. The second kappa shape index (κ2) is 2.09. The number of rotatable bonds is 1. The highest BCUT2D eigenvalue weighted by Crippen LogP contribution is 2.38. The van der Waals surface area contributed by atoms with E-state index in [0.717, 1.165) is 12.0 Å². The highest BCUT2D eigenvalue weighted by Gasteiger charge is 2.29. The van der Waals surface area contributed by atoms with Crippen LogP contribution in [0.25, 0.3) is 0 Å². The molecular weight excluding hydrogens is 109 g/mol. The standard InChI is InChI=1S/C7H13BN/c1-6(9)7(2)3-4-8-5-7/h1,3-5,9H2,2H3. The normalized spacial score (nSPS) is 33.9. The predicted octanol–water partition coefficient (Wildman–Crippen LogP) is 1.41. The molecule has 1 unspecified atom stereocenters. The minimum Gasteiger partial charge on any atom is -0.402 e. The van der Waals surface area contributed by atoms with Crippen molar-refractivity contribution in [1.82, 2.24) is 0 Å². The molecule has 1 rings (SSSR count). The maximum atomic E-state index is 5.62. The quantitative estimate of drug-likeness (QED) is 0.522. The van der Waals surface area contributed by atoms with Gasteiger partial charge in [0.2, 0.25) is 0 Å². The first-order chi connectivity index (χ1) is 4.15. The molecule has 1 radical (unpaired) electrons. The third-order valence-electron chi connectivity index (χ3n) is 2.27. The second-order valence-corrected chi connectivity index (χ2v) is 3.12. The lowest BCUT2D eigenvalue weighted by atomic mass is 9.72. The zero-order chi connectivity index (χ0) is 6.91. The fourth-order valence-corrected chi connectivity index (χ4v) is 1.23. The van der Waals surface area contributed by atoms with Gasteiger partial charge in [0, 0.05) is 5.70 Å². The van der Waals surface area contributed by atoms with Gasteiger partial charge >= 0.3 is 0 Å². The molecule has 2 N–H and O–H groups in total. The van der Waals surface area contributed by atoms with Crippen molar-refractivity contribution in [3.8, 4) is 0 Å². The van der Waals surface area contributed by atoms with Crippen molar-refractivity contribution in [1.29, 1.82) is 0 Å². The zero-order valence-electron chi connectivity index (χ0n) is 5.98. The van der Waals surface area contributed by atoms with E-state index < -0.39 is 0 Å². The maximum absolute atomic E-state index is 5.62. The SMILES string of the molecule is C=C(N)C1(C)C[B]CC1. The van der Waals surface area contributed by atoms with Crippen LogP contribution in [-0.2, 0) is 0 Å². The molecule has 0 amide bonds. The highest BCUT2D eigenvalue weighted by atomic mass is 14.6. The molecule has 0 aromatic rings. The average molecular weight is 122 g/mol. The summed E-state index contributed by atoms with van der Waals surface area (Å²) in [6, 6.07) is 0. The first kappa shape index (κ1) is 6.72. The summed E-state index contributed by atoms with van der Waals surface area (Å²) in [4.78, 5) is 0. The van der Waals surface area contributed by atoms with Crippen LogP contribution in [0.1, 0.15) is 13.3 Å². The predicted molar refractivity (Wildman–Crippen MR) is 41.4 cm³/mol. The third-order valence-corrected chi connectivity index (χ3v) is 2.27. The van der Waals surface area contributed by atoms with Crippen molar-refractivity contribution in [2.45, 2.75) is 26.0 Å². The molecule has 0 aliphatic carbocycles. The number of hydrogen-bond acceptors (Lipinski definition) is 1. The van der Waals surface area contributed by atoms with Crippen molar-refractivity contribution >= 4 is 7.28 Å². The molecule has 1 atom stereocenters. The minimum atomic E-state index is 0.222. The lowest BCUT2D eigenvalue weighted by molar-refractivity contribution is 0.449. The van der Waals surface area contributed by atoms with Gasteiger partial charge in [-0.1, -0.05) is 32.6 Å².